The van der Waals surface area contributed by atoms with Crippen molar-refractivity contribution in [3.63, 3.8) is 0 Å². The van der Waals surface area contributed by atoms with Gasteiger partial charge in [-0.05, 0) is 26.3 Å². The highest BCUT2D eigenvalue weighted by Crippen LogP contribution is 2.22. The molecule has 0 aliphatic carbocycles. The monoisotopic (exact) mass is 260 g/mol. The SMILES string of the molecule is [B]C(=O)OC(C)(C)[n+]1c(C)c(C)c(C)c(C)c1CC. The number of pyridine rings is 1. The summed E-state index contributed by atoms with van der Waals surface area (Å²) in [6.07, 6.45) is 0.874. The summed E-state index contributed by atoms with van der Waals surface area (Å²) in [4.78, 5) is 11.1. The van der Waals surface area contributed by atoms with E-state index in [-0.39, 0.29) is 0 Å². The molecule has 1 aromatic rings. The second kappa shape index (κ2) is 5.36. The summed E-state index contributed by atoms with van der Waals surface area (Å²) in [6.45, 7) is 14.2. The van der Waals surface area contributed by atoms with E-state index >= 15 is 0 Å². The van der Waals surface area contributed by atoms with Crippen molar-refractivity contribution in [2.75, 3.05) is 0 Å². The molecule has 0 spiro atoms. The van der Waals surface area contributed by atoms with Gasteiger partial charge >= 0.3 is 5.72 Å². The van der Waals surface area contributed by atoms with E-state index in [1.165, 1.54) is 22.4 Å². The summed E-state index contributed by atoms with van der Waals surface area (Å²) in [5.74, 6) is -0.755. The lowest BCUT2D eigenvalue weighted by Gasteiger charge is -2.25. The quantitative estimate of drug-likeness (QED) is 0.618. The van der Waals surface area contributed by atoms with Crippen LogP contribution in [0.15, 0.2) is 0 Å². The highest BCUT2D eigenvalue weighted by Gasteiger charge is 2.38. The van der Waals surface area contributed by atoms with Crippen molar-refractivity contribution in [2.24, 2.45) is 0 Å². The van der Waals surface area contributed by atoms with Gasteiger partial charge in [-0.1, -0.05) is 6.92 Å². The van der Waals surface area contributed by atoms with Crippen LogP contribution in [0.2, 0.25) is 0 Å². The maximum Gasteiger partial charge on any atom is 0.307 e. The predicted octanol–water partition coefficient (Wildman–Crippen LogP) is 2.77. The van der Waals surface area contributed by atoms with E-state index in [1.54, 1.807) is 0 Å². The zero-order valence-corrected chi connectivity index (χ0v) is 13.0. The van der Waals surface area contributed by atoms with Crippen LogP contribution in [0.3, 0.4) is 0 Å². The molecule has 0 bridgehead atoms. The van der Waals surface area contributed by atoms with Crippen molar-refractivity contribution in [1.82, 2.24) is 0 Å². The Morgan fingerprint density at radius 1 is 1.16 bits per heavy atom. The van der Waals surface area contributed by atoms with Gasteiger partial charge in [0.05, 0.1) is 0 Å². The normalized spacial score (nSPS) is 11.5. The van der Waals surface area contributed by atoms with Crippen molar-refractivity contribution in [3.8, 4) is 0 Å². The molecule has 102 valence electrons. The van der Waals surface area contributed by atoms with Gasteiger partial charge in [-0.2, -0.15) is 4.57 Å². The highest BCUT2D eigenvalue weighted by atomic mass is 16.6. The number of ether oxygens (including phenoxy) is 1. The first kappa shape index (κ1) is 15.7. The third-order valence-electron chi connectivity index (χ3n) is 3.93. The molecule has 0 aliphatic heterocycles. The lowest BCUT2D eigenvalue weighted by molar-refractivity contribution is -0.805. The Labute approximate surface area is 117 Å². The molecule has 1 heterocycles. The van der Waals surface area contributed by atoms with Crippen LogP contribution in [0.4, 0.5) is 4.79 Å². The minimum absolute atomic E-state index is 0.755. The lowest BCUT2D eigenvalue weighted by Crippen LogP contribution is -2.60. The molecule has 1 aromatic heterocycles. The molecule has 0 fully saturated rings. The fourth-order valence-corrected chi connectivity index (χ4v) is 2.75. The second-order valence-electron chi connectivity index (χ2n) is 5.46. The number of carbonyl (C=O) groups excluding carboxylic acids is 1. The van der Waals surface area contributed by atoms with Gasteiger partial charge in [0.25, 0.3) is 0 Å². The molecule has 19 heavy (non-hydrogen) atoms. The minimum atomic E-state index is -0.787. The Balaban J connectivity index is 3.63. The van der Waals surface area contributed by atoms with Crippen LogP contribution in [0.25, 0.3) is 0 Å². The average molecular weight is 260 g/mol. The van der Waals surface area contributed by atoms with Gasteiger partial charge in [-0.15, -0.1) is 0 Å². The van der Waals surface area contributed by atoms with E-state index in [4.69, 9.17) is 12.6 Å². The van der Waals surface area contributed by atoms with E-state index in [2.05, 4.69) is 32.3 Å². The van der Waals surface area contributed by atoms with Crippen molar-refractivity contribution >= 4 is 13.7 Å². The fourth-order valence-electron chi connectivity index (χ4n) is 2.75. The van der Waals surface area contributed by atoms with Crippen molar-refractivity contribution in [3.05, 3.63) is 28.1 Å². The first-order chi connectivity index (χ1) is 8.63. The number of rotatable bonds is 3. The molecule has 0 saturated carbocycles. The smallest absolute Gasteiger partial charge is 0.307 e. The molecule has 0 atom stereocenters. The van der Waals surface area contributed by atoms with Crippen LogP contribution in [0, 0.1) is 27.7 Å². The predicted molar refractivity (Wildman–Crippen MR) is 76.5 cm³/mol. The Hall–Kier alpha value is -1.32. The Morgan fingerprint density at radius 3 is 2.11 bits per heavy atom. The first-order valence-electron chi connectivity index (χ1n) is 6.63. The van der Waals surface area contributed by atoms with E-state index < -0.39 is 11.6 Å². The van der Waals surface area contributed by atoms with Gasteiger partial charge < -0.3 is 4.74 Å². The molecular formula is C15H23BNO2+. The maximum absolute atomic E-state index is 11.1. The Morgan fingerprint density at radius 2 is 1.68 bits per heavy atom. The van der Waals surface area contributed by atoms with Crippen LogP contribution in [-0.2, 0) is 16.9 Å². The Kier molecular flexibility index (Phi) is 4.44. The lowest BCUT2D eigenvalue weighted by atomic mass is 9.98. The number of nitrogens with zero attached hydrogens (tertiary/aromatic N) is 1. The fraction of sp³-hybridized carbons (Fsp3) is 0.600. The third-order valence-corrected chi connectivity index (χ3v) is 3.93. The first-order valence-corrected chi connectivity index (χ1v) is 6.63. The zero-order valence-electron chi connectivity index (χ0n) is 13.0. The van der Waals surface area contributed by atoms with Crippen LogP contribution in [-0.4, -0.2) is 13.7 Å². The zero-order chi connectivity index (χ0) is 15.0. The summed E-state index contributed by atoms with van der Waals surface area (Å²) >= 11 is 0. The van der Waals surface area contributed by atoms with E-state index in [0.29, 0.717) is 0 Å². The largest absolute Gasteiger partial charge is 0.411 e. The molecule has 3 nitrogen and oxygen atoms in total. The van der Waals surface area contributed by atoms with Gasteiger partial charge in [0.2, 0.25) is 13.7 Å². The van der Waals surface area contributed by atoms with Gasteiger partial charge in [-0.3, -0.25) is 4.79 Å². The molecule has 0 saturated heterocycles. The molecule has 0 N–H and O–H groups in total. The van der Waals surface area contributed by atoms with Gasteiger partial charge in [0.15, 0.2) is 11.4 Å². The van der Waals surface area contributed by atoms with Crippen LogP contribution >= 0.6 is 0 Å². The molecular weight excluding hydrogens is 237 g/mol. The molecule has 0 amide bonds. The number of hydrogen-bond donors (Lipinski definition) is 0. The summed E-state index contributed by atoms with van der Waals surface area (Å²) in [7, 11) is 5.19. The second-order valence-corrected chi connectivity index (χ2v) is 5.46. The van der Waals surface area contributed by atoms with Gasteiger partial charge in [0, 0.05) is 38.3 Å². The van der Waals surface area contributed by atoms with Crippen LogP contribution in [0.1, 0.15) is 48.8 Å². The van der Waals surface area contributed by atoms with E-state index in [1.807, 2.05) is 20.8 Å². The van der Waals surface area contributed by atoms with Crippen molar-refractivity contribution in [1.29, 1.82) is 0 Å². The molecule has 4 heteroatoms. The number of carbonyl (C=O) groups is 1. The van der Waals surface area contributed by atoms with Crippen LogP contribution in [0.5, 0.6) is 0 Å². The number of hydrogen-bond acceptors (Lipinski definition) is 2. The molecule has 0 aromatic carbocycles. The Bertz CT molecular complexity index is 522. The average Bonchev–Trinajstić information content (AvgIpc) is 2.28. The molecule has 1 rings (SSSR count). The molecule has 0 aliphatic rings. The van der Waals surface area contributed by atoms with E-state index in [0.717, 1.165) is 12.1 Å². The minimum Gasteiger partial charge on any atom is -0.411 e. The van der Waals surface area contributed by atoms with Gasteiger partial charge in [0.1, 0.15) is 0 Å². The number of aromatic nitrogens is 1. The summed E-state index contributed by atoms with van der Waals surface area (Å²) in [5, 5.41) is 0. The topological polar surface area (TPSA) is 30.2 Å². The molecule has 0 unspecified atom stereocenters. The van der Waals surface area contributed by atoms with E-state index in [9.17, 15) is 4.79 Å². The summed E-state index contributed by atoms with van der Waals surface area (Å²) in [6, 6.07) is 0. The summed E-state index contributed by atoms with van der Waals surface area (Å²) < 4.78 is 7.38. The molecule has 2 radical (unpaired) electrons. The van der Waals surface area contributed by atoms with Crippen LogP contribution < -0.4 is 4.57 Å². The standard InChI is InChI=1S/C15H23BNO2/c1-8-13-11(4)9(2)10(3)12(5)17(13)15(6,7)19-14(16)18/h8H2,1-7H3/q+1. The van der Waals surface area contributed by atoms with Gasteiger partial charge in [-0.25, -0.2) is 0 Å². The highest BCUT2D eigenvalue weighted by molar-refractivity contribution is 6.55. The van der Waals surface area contributed by atoms with Crippen molar-refractivity contribution < 1.29 is 14.1 Å². The maximum atomic E-state index is 11.1. The third kappa shape index (κ3) is 2.83. The summed E-state index contributed by atoms with van der Waals surface area (Å²) in [5.41, 5.74) is 5.24. The van der Waals surface area contributed by atoms with Crippen molar-refractivity contribution in [2.45, 2.75) is 60.6 Å².